The Morgan fingerprint density at radius 1 is 1.24 bits per heavy atom. The zero-order chi connectivity index (χ0) is 27.4. The standard InChI is InChI=1S/C31H48O6/c1-20(9-14-28(34)30(3,4)15-7-17-37-29(35)36)25-12-13-26-22(8-6-16-31(25,26)5)10-11-23-18-24(32)19-27(33)21(23)2/h9,11,14,20,22,24-27,32-33H,2,6-8,10,12-13,15-19H2,1,3-5H3,(H,35,36)/b14-9+,23-11-/t20-,22?,24-,25-,26+,27+,31-/m1/s1. The highest BCUT2D eigenvalue weighted by molar-refractivity contribution is 5.94. The summed E-state index contributed by atoms with van der Waals surface area (Å²) in [6, 6.07) is 0. The van der Waals surface area contributed by atoms with Crippen LogP contribution in [0.2, 0.25) is 0 Å². The van der Waals surface area contributed by atoms with Gasteiger partial charge in [0.1, 0.15) is 0 Å². The number of hydrogen-bond acceptors (Lipinski definition) is 5. The van der Waals surface area contributed by atoms with E-state index >= 15 is 0 Å². The molecule has 0 amide bonds. The largest absolute Gasteiger partial charge is 0.505 e. The molecule has 208 valence electrons. The van der Waals surface area contributed by atoms with Crippen LogP contribution >= 0.6 is 0 Å². The first-order chi connectivity index (χ1) is 17.3. The first-order valence-electron chi connectivity index (χ1n) is 14.2. The molecule has 0 saturated heterocycles. The van der Waals surface area contributed by atoms with Gasteiger partial charge in [-0.15, -0.1) is 0 Å². The zero-order valence-corrected chi connectivity index (χ0v) is 23.2. The number of aliphatic hydroxyl groups excluding tert-OH is 2. The third kappa shape index (κ3) is 7.14. The number of fused-ring (bicyclic) bond motifs is 1. The summed E-state index contributed by atoms with van der Waals surface area (Å²) < 4.78 is 4.58. The van der Waals surface area contributed by atoms with E-state index in [1.807, 2.05) is 13.8 Å². The second-order valence-electron chi connectivity index (χ2n) is 12.7. The molecular formula is C31H48O6. The molecule has 0 aromatic carbocycles. The highest BCUT2D eigenvalue weighted by Crippen LogP contribution is 2.60. The lowest BCUT2D eigenvalue weighted by atomic mass is 9.58. The van der Waals surface area contributed by atoms with Gasteiger partial charge in [0.05, 0.1) is 18.8 Å². The maximum Gasteiger partial charge on any atom is 0.505 e. The van der Waals surface area contributed by atoms with Gasteiger partial charge in [-0.05, 0) is 97.7 Å². The van der Waals surface area contributed by atoms with Crippen molar-refractivity contribution in [2.45, 2.75) is 104 Å². The van der Waals surface area contributed by atoms with Gasteiger partial charge in [-0.25, -0.2) is 4.79 Å². The summed E-state index contributed by atoms with van der Waals surface area (Å²) >= 11 is 0. The van der Waals surface area contributed by atoms with Gasteiger partial charge in [-0.2, -0.15) is 0 Å². The number of ketones is 1. The summed E-state index contributed by atoms with van der Waals surface area (Å²) in [5, 5.41) is 28.9. The average molecular weight is 517 g/mol. The minimum Gasteiger partial charge on any atom is -0.450 e. The Kier molecular flexibility index (Phi) is 9.85. The van der Waals surface area contributed by atoms with Crippen molar-refractivity contribution in [3.8, 4) is 0 Å². The number of ether oxygens (including phenoxy) is 1. The molecule has 0 heterocycles. The monoisotopic (exact) mass is 516 g/mol. The summed E-state index contributed by atoms with van der Waals surface area (Å²) in [5.41, 5.74) is 1.50. The smallest absolute Gasteiger partial charge is 0.450 e. The van der Waals surface area contributed by atoms with E-state index in [4.69, 9.17) is 5.11 Å². The molecule has 0 bridgehead atoms. The van der Waals surface area contributed by atoms with Crippen LogP contribution in [0, 0.1) is 34.5 Å². The van der Waals surface area contributed by atoms with Gasteiger partial charge in [0, 0.05) is 11.8 Å². The SMILES string of the molecule is C=C1/C(=C\CC2CCC[C@]3(C)[C@@H]([C@H](C)/C=C/C(=O)C(C)(C)CCCOC(=O)O)CC[C@@H]23)C[C@@H](O)C[C@@H]1O. The Balaban J connectivity index is 1.60. The highest BCUT2D eigenvalue weighted by atomic mass is 16.7. The molecule has 3 N–H and O–H groups in total. The van der Waals surface area contributed by atoms with Crippen molar-refractivity contribution in [1.29, 1.82) is 0 Å². The van der Waals surface area contributed by atoms with Crippen molar-refractivity contribution in [2.24, 2.45) is 34.5 Å². The topological polar surface area (TPSA) is 104 Å². The van der Waals surface area contributed by atoms with Crippen LogP contribution in [0.1, 0.15) is 91.9 Å². The minimum absolute atomic E-state index is 0.0830. The van der Waals surface area contributed by atoms with Crippen LogP contribution < -0.4 is 0 Å². The number of carbonyl (C=O) groups excluding carboxylic acids is 1. The lowest BCUT2D eigenvalue weighted by Crippen LogP contribution is -2.38. The fourth-order valence-corrected chi connectivity index (χ4v) is 7.52. The molecule has 37 heavy (non-hydrogen) atoms. The van der Waals surface area contributed by atoms with E-state index in [1.165, 1.54) is 32.1 Å². The third-order valence-electron chi connectivity index (χ3n) is 9.80. The fraction of sp³-hybridized carbons (Fsp3) is 0.742. The van der Waals surface area contributed by atoms with Crippen LogP contribution in [0.4, 0.5) is 4.79 Å². The van der Waals surface area contributed by atoms with Gasteiger partial charge in [-0.3, -0.25) is 4.79 Å². The Hall–Kier alpha value is -1.92. The second kappa shape index (κ2) is 12.3. The molecule has 0 aromatic heterocycles. The van der Waals surface area contributed by atoms with Gasteiger partial charge < -0.3 is 20.1 Å². The lowest BCUT2D eigenvalue weighted by molar-refractivity contribution is -0.122. The van der Waals surface area contributed by atoms with E-state index < -0.39 is 23.8 Å². The van der Waals surface area contributed by atoms with Crippen molar-refractivity contribution in [1.82, 2.24) is 0 Å². The fourth-order valence-electron chi connectivity index (χ4n) is 7.52. The van der Waals surface area contributed by atoms with Crippen LogP contribution in [0.3, 0.4) is 0 Å². The number of hydrogen-bond donors (Lipinski definition) is 3. The third-order valence-corrected chi connectivity index (χ3v) is 9.80. The van der Waals surface area contributed by atoms with Crippen LogP contribution in [0.5, 0.6) is 0 Å². The summed E-state index contributed by atoms with van der Waals surface area (Å²) in [6.45, 7) is 12.7. The Labute approximate surface area is 222 Å². The molecule has 3 fully saturated rings. The summed E-state index contributed by atoms with van der Waals surface area (Å²) in [6.07, 6.45) is 12.8. The van der Waals surface area contributed by atoms with Crippen molar-refractivity contribution in [3.63, 3.8) is 0 Å². The molecule has 3 aliphatic carbocycles. The van der Waals surface area contributed by atoms with E-state index in [0.29, 0.717) is 49.4 Å². The zero-order valence-electron chi connectivity index (χ0n) is 23.2. The van der Waals surface area contributed by atoms with Crippen molar-refractivity contribution in [2.75, 3.05) is 6.61 Å². The molecule has 0 spiro atoms. The van der Waals surface area contributed by atoms with Gasteiger partial charge >= 0.3 is 6.16 Å². The normalized spacial score (nSPS) is 34.5. The predicted octanol–water partition coefficient (Wildman–Crippen LogP) is 6.47. The Morgan fingerprint density at radius 3 is 2.68 bits per heavy atom. The molecule has 6 heteroatoms. The van der Waals surface area contributed by atoms with Crippen LogP contribution in [-0.4, -0.2) is 46.1 Å². The van der Waals surface area contributed by atoms with Crippen molar-refractivity contribution < 1.29 is 29.6 Å². The maximum atomic E-state index is 12.9. The van der Waals surface area contributed by atoms with E-state index in [0.717, 1.165) is 17.6 Å². The maximum absolute atomic E-state index is 12.9. The predicted molar refractivity (Wildman–Crippen MR) is 145 cm³/mol. The van der Waals surface area contributed by atoms with Gasteiger partial charge in [0.15, 0.2) is 5.78 Å². The molecule has 0 radical (unpaired) electrons. The molecule has 1 unspecified atom stereocenters. The number of carbonyl (C=O) groups is 2. The number of aliphatic hydroxyl groups is 2. The summed E-state index contributed by atoms with van der Waals surface area (Å²) in [7, 11) is 0. The van der Waals surface area contributed by atoms with Crippen molar-refractivity contribution in [3.05, 3.63) is 36.0 Å². The molecule has 3 saturated carbocycles. The van der Waals surface area contributed by atoms with Crippen LogP contribution in [0.25, 0.3) is 0 Å². The van der Waals surface area contributed by atoms with Crippen molar-refractivity contribution >= 4 is 11.9 Å². The summed E-state index contributed by atoms with van der Waals surface area (Å²) in [5.74, 6) is 2.18. The lowest BCUT2D eigenvalue weighted by Gasteiger charge is -2.46. The van der Waals surface area contributed by atoms with Gasteiger partial charge in [-0.1, -0.05) is 52.8 Å². The first kappa shape index (κ1) is 29.6. The highest BCUT2D eigenvalue weighted by Gasteiger charge is 2.51. The molecular weight excluding hydrogens is 468 g/mol. The van der Waals surface area contributed by atoms with E-state index in [1.54, 1.807) is 6.08 Å². The Bertz CT molecular complexity index is 901. The van der Waals surface area contributed by atoms with Crippen LogP contribution in [0.15, 0.2) is 36.0 Å². The summed E-state index contributed by atoms with van der Waals surface area (Å²) in [4.78, 5) is 23.5. The second-order valence-corrected chi connectivity index (χ2v) is 12.7. The van der Waals surface area contributed by atoms with Gasteiger partial charge in [0.2, 0.25) is 0 Å². The number of carboxylic acid groups (broad SMARTS) is 1. The quantitative estimate of drug-likeness (QED) is 0.175. The molecule has 0 aromatic rings. The molecule has 7 atom stereocenters. The molecule has 6 nitrogen and oxygen atoms in total. The molecule has 0 aliphatic heterocycles. The van der Waals surface area contributed by atoms with E-state index in [-0.39, 0.29) is 17.8 Å². The first-order valence-corrected chi connectivity index (χ1v) is 14.2. The van der Waals surface area contributed by atoms with E-state index in [9.17, 15) is 19.8 Å². The van der Waals surface area contributed by atoms with Gasteiger partial charge in [0.25, 0.3) is 0 Å². The molecule has 3 aliphatic rings. The average Bonchev–Trinajstić information content (AvgIpc) is 3.18. The number of allylic oxidation sites excluding steroid dienone is 3. The Morgan fingerprint density at radius 2 is 1.97 bits per heavy atom. The number of rotatable bonds is 10. The van der Waals surface area contributed by atoms with E-state index in [2.05, 4.69) is 37.3 Å². The minimum atomic E-state index is -1.28. The van der Waals surface area contributed by atoms with Crippen LogP contribution in [-0.2, 0) is 9.53 Å². The molecule has 3 rings (SSSR count).